The number of nitrogens with zero attached hydrogens (tertiary/aromatic N) is 3. The van der Waals surface area contributed by atoms with Gasteiger partial charge in [0.25, 0.3) is 0 Å². The number of carbonyl (C=O) groups excluding carboxylic acids is 4. The molecular weight excluding hydrogens is 734 g/mol. The number of nitrogens with one attached hydrogen (secondary N) is 2. The number of benzene rings is 1. The fourth-order valence-corrected chi connectivity index (χ4v) is 9.15. The van der Waals surface area contributed by atoms with E-state index < -0.39 is 83.5 Å². The van der Waals surface area contributed by atoms with E-state index in [0.717, 1.165) is 10.9 Å². The second-order valence-electron chi connectivity index (χ2n) is 17.0. The Balaban J connectivity index is 1.44. The van der Waals surface area contributed by atoms with Crippen molar-refractivity contribution in [3.63, 3.8) is 0 Å². The molecule has 5 rings (SSSR count). The topological polar surface area (TPSA) is 170 Å². The standard InChI is InChI=1S/C42H65N5O10/c1-12-32-42(8)35(47(40(52)57-42)43-19-15-20-46-21-18-29-16-13-14-17-30(29)46)28(6)44-37(50)24(2)23-41(7,53-11)36(26(4)33(48)27(5)38(51)55-32)56-39-34(49)31(45(9)10)22-25(3)54-39/h13-14,16-18,21,24-28,31-32,34-36,39,43,49H,12,15,19-20,22-23H2,1-11H3,(H,44,50)/t24-,25-,26+,27-,28?,31+,32-,34-,35-,36+,39+,41+,42-/m1/s1. The van der Waals surface area contributed by atoms with Crippen LogP contribution in [0.1, 0.15) is 81.1 Å². The van der Waals surface area contributed by atoms with E-state index in [1.54, 1.807) is 34.6 Å². The lowest BCUT2D eigenvalue weighted by Gasteiger charge is -2.46. The van der Waals surface area contributed by atoms with Gasteiger partial charge in [-0.2, -0.15) is 0 Å². The molecule has 0 saturated carbocycles. The number of amides is 2. The Labute approximate surface area is 337 Å². The van der Waals surface area contributed by atoms with E-state index in [1.165, 1.54) is 19.0 Å². The van der Waals surface area contributed by atoms with Gasteiger partial charge in [0.2, 0.25) is 5.91 Å². The molecule has 0 radical (unpaired) electrons. The van der Waals surface area contributed by atoms with Gasteiger partial charge in [-0.3, -0.25) is 14.4 Å². The molecule has 2 amide bonds. The fourth-order valence-electron chi connectivity index (χ4n) is 9.15. The predicted octanol–water partition coefficient (Wildman–Crippen LogP) is 4.04. The molecule has 3 fully saturated rings. The number of hydrogen-bond donors (Lipinski definition) is 3. The van der Waals surface area contributed by atoms with Crippen LogP contribution in [0.2, 0.25) is 0 Å². The van der Waals surface area contributed by atoms with Crippen LogP contribution in [0.25, 0.3) is 10.9 Å². The second-order valence-corrected chi connectivity index (χ2v) is 17.0. The average Bonchev–Trinajstić information content (AvgIpc) is 3.70. The SMILES string of the molecule is CC[C@H]1OC(=O)[C@H](C)C(=O)[C@H](C)[C@H](O[C@@H]2O[C@H](C)C[C@H](N(C)C)[C@H]2O)[C@@](C)(OC)C[C@@H](C)C(=O)NC(C)[C@H]2N(NCCCn3ccc4ccccc43)C(=O)O[C@]12C. The molecule has 0 bridgehead atoms. The number of para-hydroxylation sites is 1. The zero-order valence-electron chi connectivity index (χ0n) is 35.5. The van der Waals surface area contributed by atoms with Crippen molar-refractivity contribution in [2.24, 2.45) is 17.8 Å². The monoisotopic (exact) mass is 799 g/mol. The van der Waals surface area contributed by atoms with Crippen molar-refractivity contribution >= 4 is 34.7 Å². The van der Waals surface area contributed by atoms with E-state index in [1.807, 2.05) is 51.2 Å². The molecule has 3 aliphatic rings. The first kappa shape index (κ1) is 44.5. The number of aryl methyl sites for hydroxylation is 1. The van der Waals surface area contributed by atoms with Crippen molar-refractivity contribution in [2.45, 2.75) is 148 Å². The number of rotatable bonds is 10. The molecular formula is C42H65N5O10. The molecule has 3 aliphatic heterocycles. The number of aromatic nitrogens is 1. The highest BCUT2D eigenvalue weighted by atomic mass is 16.7. The summed E-state index contributed by atoms with van der Waals surface area (Å²) in [5.74, 6) is -4.48. The first-order valence-corrected chi connectivity index (χ1v) is 20.4. The third kappa shape index (κ3) is 9.18. The molecule has 3 saturated heterocycles. The first-order chi connectivity index (χ1) is 26.9. The van der Waals surface area contributed by atoms with Crippen molar-refractivity contribution in [2.75, 3.05) is 27.7 Å². The molecule has 0 aliphatic carbocycles. The molecule has 4 heterocycles. The molecule has 13 atom stereocenters. The van der Waals surface area contributed by atoms with E-state index in [0.29, 0.717) is 25.9 Å². The Morgan fingerprint density at radius 2 is 1.75 bits per heavy atom. The van der Waals surface area contributed by atoms with Gasteiger partial charge in [0, 0.05) is 49.8 Å². The third-order valence-electron chi connectivity index (χ3n) is 12.5. The molecule has 15 heteroatoms. The maximum absolute atomic E-state index is 14.3. The Kier molecular flexibility index (Phi) is 14.1. The van der Waals surface area contributed by atoms with E-state index in [2.05, 4.69) is 33.5 Å². The number of esters is 1. The number of cyclic esters (lactones) is 1. The van der Waals surface area contributed by atoms with Crippen LogP contribution in [-0.2, 0) is 44.6 Å². The van der Waals surface area contributed by atoms with Crippen LogP contribution < -0.4 is 10.7 Å². The number of carbonyl (C=O) groups is 4. The number of hydrazine groups is 1. The van der Waals surface area contributed by atoms with Crippen LogP contribution in [0.4, 0.5) is 4.79 Å². The van der Waals surface area contributed by atoms with Gasteiger partial charge in [0.1, 0.15) is 24.2 Å². The Morgan fingerprint density at radius 1 is 1.05 bits per heavy atom. The Hall–Kier alpha value is -3.60. The summed E-state index contributed by atoms with van der Waals surface area (Å²) in [6.45, 7) is 15.0. The van der Waals surface area contributed by atoms with Crippen molar-refractivity contribution < 1.29 is 48.0 Å². The van der Waals surface area contributed by atoms with Crippen molar-refractivity contribution in [3.05, 3.63) is 36.5 Å². The molecule has 57 heavy (non-hydrogen) atoms. The average molecular weight is 800 g/mol. The van der Waals surface area contributed by atoms with E-state index in [-0.39, 0.29) is 30.9 Å². The van der Waals surface area contributed by atoms with Gasteiger partial charge in [-0.1, -0.05) is 39.0 Å². The number of aliphatic hydroxyl groups excluding tert-OH is 1. The number of likely N-dealkylation sites (N-methyl/N-ethyl adjacent to an activating group) is 1. The van der Waals surface area contributed by atoms with Crippen LogP contribution in [-0.4, -0.2) is 131 Å². The summed E-state index contributed by atoms with van der Waals surface area (Å²) < 4.78 is 33.2. The number of fused-ring (bicyclic) bond motifs is 2. The van der Waals surface area contributed by atoms with Gasteiger partial charge in [-0.15, -0.1) is 0 Å². The second kappa shape index (κ2) is 18.1. The lowest BCUT2D eigenvalue weighted by molar-refractivity contribution is -0.295. The highest BCUT2D eigenvalue weighted by Gasteiger charge is 2.59. The molecule has 0 spiro atoms. The molecule has 1 aromatic heterocycles. The number of aliphatic hydroxyl groups is 1. The highest BCUT2D eigenvalue weighted by Crippen LogP contribution is 2.39. The zero-order chi connectivity index (χ0) is 42.0. The fraction of sp³-hybridized carbons (Fsp3) is 0.714. The molecule has 1 unspecified atom stereocenters. The first-order valence-electron chi connectivity index (χ1n) is 20.4. The maximum Gasteiger partial charge on any atom is 0.425 e. The zero-order valence-corrected chi connectivity index (χ0v) is 35.5. The summed E-state index contributed by atoms with van der Waals surface area (Å²) in [5, 5.41) is 17.1. The summed E-state index contributed by atoms with van der Waals surface area (Å²) in [6, 6.07) is 8.40. The van der Waals surface area contributed by atoms with Crippen LogP contribution in [0, 0.1) is 17.8 Å². The third-order valence-corrected chi connectivity index (χ3v) is 12.5. The Bertz CT molecular complexity index is 1740. The Morgan fingerprint density at radius 3 is 2.42 bits per heavy atom. The van der Waals surface area contributed by atoms with Gasteiger partial charge in [0.15, 0.2) is 17.7 Å². The summed E-state index contributed by atoms with van der Waals surface area (Å²) in [5.41, 5.74) is 1.67. The number of methoxy groups -OCH3 is 1. The molecule has 2 aromatic rings. The minimum Gasteiger partial charge on any atom is -0.457 e. The molecule has 15 nitrogen and oxygen atoms in total. The highest BCUT2D eigenvalue weighted by molar-refractivity contribution is 6.00. The van der Waals surface area contributed by atoms with Gasteiger partial charge in [-0.05, 0) is 91.9 Å². The molecule has 318 valence electrons. The molecule has 3 N–H and O–H groups in total. The van der Waals surface area contributed by atoms with Crippen molar-refractivity contribution in [1.29, 1.82) is 0 Å². The van der Waals surface area contributed by atoms with Crippen molar-refractivity contribution in [1.82, 2.24) is 25.2 Å². The van der Waals surface area contributed by atoms with Crippen LogP contribution in [0.15, 0.2) is 36.5 Å². The van der Waals surface area contributed by atoms with Crippen LogP contribution in [0.5, 0.6) is 0 Å². The minimum absolute atomic E-state index is 0.101. The van der Waals surface area contributed by atoms with E-state index in [9.17, 15) is 24.3 Å². The quantitative estimate of drug-likeness (QED) is 0.180. The van der Waals surface area contributed by atoms with Crippen LogP contribution in [0.3, 0.4) is 0 Å². The normalized spacial score (nSPS) is 37.4. The summed E-state index contributed by atoms with van der Waals surface area (Å²) in [6.07, 6.45) is -1.51. The summed E-state index contributed by atoms with van der Waals surface area (Å²) in [7, 11) is 5.22. The smallest absolute Gasteiger partial charge is 0.425 e. The lowest BCUT2D eigenvalue weighted by Crippen LogP contribution is -2.63. The van der Waals surface area contributed by atoms with E-state index >= 15 is 0 Å². The number of hydrogen-bond acceptors (Lipinski definition) is 12. The minimum atomic E-state index is -1.42. The van der Waals surface area contributed by atoms with Crippen molar-refractivity contribution in [3.8, 4) is 0 Å². The van der Waals surface area contributed by atoms with Gasteiger partial charge < -0.3 is 43.6 Å². The van der Waals surface area contributed by atoms with Gasteiger partial charge in [-0.25, -0.2) is 15.2 Å². The van der Waals surface area contributed by atoms with Crippen LogP contribution >= 0.6 is 0 Å². The summed E-state index contributed by atoms with van der Waals surface area (Å²) >= 11 is 0. The number of Topliss-reactive ketones (excluding diaryl/α,β-unsaturated/α-hetero) is 1. The largest absolute Gasteiger partial charge is 0.457 e. The van der Waals surface area contributed by atoms with Gasteiger partial charge in [0.05, 0.1) is 23.9 Å². The maximum atomic E-state index is 14.3. The number of ether oxygens (including phenoxy) is 5. The predicted molar refractivity (Wildman–Crippen MR) is 213 cm³/mol. The van der Waals surface area contributed by atoms with Gasteiger partial charge >= 0.3 is 12.1 Å². The van der Waals surface area contributed by atoms with E-state index in [4.69, 9.17) is 23.7 Å². The number of ketones is 1. The lowest BCUT2D eigenvalue weighted by atomic mass is 9.78. The molecule has 1 aromatic carbocycles. The summed E-state index contributed by atoms with van der Waals surface area (Å²) in [4.78, 5) is 58.1.